The van der Waals surface area contributed by atoms with Gasteiger partial charge in [-0.3, -0.25) is 34.8 Å². The first-order valence-corrected chi connectivity index (χ1v) is 30.3. The molecule has 9 rings (SSSR count). The van der Waals surface area contributed by atoms with Crippen LogP contribution in [0.1, 0.15) is 51.7 Å². The number of carbonyl (C=O) groups excluding carboxylic acids is 5. The third kappa shape index (κ3) is 15.6. The van der Waals surface area contributed by atoms with Gasteiger partial charge in [0, 0.05) is 25.4 Å². The summed E-state index contributed by atoms with van der Waals surface area (Å²) < 4.78 is 54.7. The fourth-order valence-corrected chi connectivity index (χ4v) is 12.3. The molecule has 93 heavy (non-hydrogen) atoms. The number of fused-ring (bicyclic) bond motifs is 2. The largest absolute Gasteiger partial charge is 0.462 e. The summed E-state index contributed by atoms with van der Waals surface area (Å²) in [5, 5.41) is 143. The first-order valence-electron chi connectivity index (χ1n) is 30.3. The molecule has 7 saturated heterocycles. The van der Waals surface area contributed by atoms with Gasteiger partial charge in [-0.25, -0.2) is 0 Å². The van der Waals surface area contributed by atoms with Gasteiger partial charge < -0.3 is 142 Å². The lowest BCUT2D eigenvalue weighted by molar-refractivity contribution is -0.344. The van der Waals surface area contributed by atoms with Gasteiger partial charge in [-0.1, -0.05) is 49.4 Å². The maximum absolute atomic E-state index is 15.1. The van der Waals surface area contributed by atoms with Crippen molar-refractivity contribution in [3.8, 4) is 5.75 Å². The minimum Gasteiger partial charge on any atom is -0.462 e. The van der Waals surface area contributed by atoms with Gasteiger partial charge in [0.05, 0.1) is 44.6 Å². The number of hydrogen-bond acceptors (Lipinski definition) is 27. The maximum atomic E-state index is 15.1. The van der Waals surface area contributed by atoms with Crippen LogP contribution in [0.15, 0.2) is 54.6 Å². The predicted octanol–water partition coefficient (Wildman–Crippen LogP) is -8.77. The lowest BCUT2D eigenvalue weighted by atomic mass is 9.93. The number of nitrogens with zero attached hydrogens (tertiary/aromatic N) is 1. The molecular formula is C58H84N11O24. The van der Waals surface area contributed by atoms with Crippen LogP contribution in [-0.2, 0) is 68.3 Å². The number of nitrogens with one attached hydrogen (secondary N) is 9. The smallest absolute Gasteiger partial charge is 0.246 e. The van der Waals surface area contributed by atoms with E-state index in [4.69, 9.17) is 59.2 Å². The minimum absolute atomic E-state index is 0.131. The number of aliphatic hydroxyl groups excluding tert-OH is 10. The molecule has 7 aliphatic heterocycles. The first kappa shape index (κ1) is 70.9. The van der Waals surface area contributed by atoms with Crippen LogP contribution in [0.3, 0.4) is 0 Å². The number of benzene rings is 2. The first-order chi connectivity index (χ1) is 44.1. The lowest BCUT2D eigenvalue weighted by Crippen LogP contribution is -2.69. The molecule has 0 aromatic heterocycles. The second kappa shape index (κ2) is 29.7. The van der Waals surface area contributed by atoms with E-state index in [0.29, 0.717) is 11.1 Å². The number of amides is 4. The molecule has 515 valence electrons. The molecule has 7 heterocycles. The average Bonchev–Trinajstić information content (AvgIpc) is 1.64. The van der Waals surface area contributed by atoms with Crippen molar-refractivity contribution in [3.63, 3.8) is 0 Å². The van der Waals surface area contributed by atoms with Crippen LogP contribution in [-0.4, -0.2) is 295 Å². The third-order valence-corrected chi connectivity index (χ3v) is 17.3. The van der Waals surface area contributed by atoms with E-state index in [0.717, 1.165) is 4.90 Å². The van der Waals surface area contributed by atoms with Crippen molar-refractivity contribution in [1.82, 2.24) is 42.1 Å². The van der Waals surface area contributed by atoms with Crippen LogP contribution >= 0.6 is 0 Å². The van der Waals surface area contributed by atoms with Crippen LogP contribution in [0.25, 0.3) is 0 Å². The van der Waals surface area contributed by atoms with Crippen LogP contribution in [0.5, 0.6) is 5.75 Å². The van der Waals surface area contributed by atoms with Crippen molar-refractivity contribution in [2.24, 2.45) is 5.73 Å². The lowest BCUT2D eigenvalue weighted by Gasteiger charge is -2.46. The normalized spacial score (nSPS) is 34.5. The van der Waals surface area contributed by atoms with E-state index in [1.165, 1.54) is 30.6 Å². The highest BCUT2D eigenvalue weighted by atomic mass is 16.8. The van der Waals surface area contributed by atoms with E-state index in [9.17, 15) is 65.4 Å². The molecule has 7 fully saturated rings. The van der Waals surface area contributed by atoms with Crippen molar-refractivity contribution in [2.45, 2.75) is 205 Å². The number of nitrogens with two attached hydrogens (primary N) is 1. The highest BCUT2D eigenvalue weighted by molar-refractivity contribution is 5.96. The fraction of sp³-hybridized carbons (Fsp3) is 0.672. The van der Waals surface area contributed by atoms with Gasteiger partial charge in [0.15, 0.2) is 42.1 Å². The van der Waals surface area contributed by atoms with Gasteiger partial charge in [0.25, 0.3) is 0 Å². The topological polar surface area (TPSA) is 532 Å². The monoisotopic (exact) mass is 1320 g/mol. The highest BCUT2D eigenvalue weighted by Crippen LogP contribution is 2.42. The quantitative estimate of drug-likeness (QED) is 0.0416. The second-order valence-electron chi connectivity index (χ2n) is 24.7. The Balaban J connectivity index is 0.983. The minimum atomic E-state index is -2.20. The Kier molecular flexibility index (Phi) is 22.6. The molecule has 4 amide bonds. The maximum Gasteiger partial charge on any atom is 0.246 e. The molecule has 35 nitrogen and oxygen atoms in total. The Morgan fingerprint density at radius 3 is 1.90 bits per heavy atom. The fourth-order valence-electron chi connectivity index (χ4n) is 12.3. The van der Waals surface area contributed by atoms with E-state index in [2.05, 4.69) is 37.2 Å². The van der Waals surface area contributed by atoms with Crippen molar-refractivity contribution >= 4 is 41.8 Å². The van der Waals surface area contributed by atoms with Crippen LogP contribution in [0.2, 0.25) is 0 Å². The predicted molar refractivity (Wildman–Crippen MR) is 314 cm³/mol. The van der Waals surface area contributed by atoms with Gasteiger partial charge >= 0.3 is 0 Å². The molecule has 2 aromatic carbocycles. The van der Waals surface area contributed by atoms with Gasteiger partial charge in [-0.05, 0) is 51.0 Å². The van der Waals surface area contributed by atoms with Gasteiger partial charge in [-0.15, -0.1) is 0 Å². The Morgan fingerprint density at radius 1 is 0.688 bits per heavy atom. The summed E-state index contributed by atoms with van der Waals surface area (Å²) in [4.78, 5) is 71.8. The van der Waals surface area contributed by atoms with Crippen molar-refractivity contribution < 1.29 is 118 Å². The average molecular weight is 1320 g/mol. The third-order valence-electron chi connectivity index (χ3n) is 17.3. The van der Waals surface area contributed by atoms with E-state index in [1.54, 1.807) is 65.0 Å². The summed E-state index contributed by atoms with van der Waals surface area (Å²) in [5.74, 6) is -8.46. The number of ether oxygens (including phenoxy) is 9. The molecular weight excluding hydrogens is 1230 g/mol. The van der Waals surface area contributed by atoms with E-state index >= 15 is 9.59 Å². The number of guanidine groups is 2. The van der Waals surface area contributed by atoms with Crippen LogP contribution in [0, 0.1) is 10.8 Å². The molecule has 0 aliphatic carbocycles. The summed E-state index contributed by atoms with van der Waals surface area (Å²) in [6.45, 7) is 4.26. The van der Waals surface area contributed by atoms with E-state index in [-0.39, 0.29) is 31.2 Å². The Labute approximate surface area is 532 Å². The summed E-state index contributed by atoms with van der Waals surface area (Å²) >= 11 is 0. The van der Waals surface area contributed by atoms with Gasteiger partial charge in [-0.2, -0.15) is 0 Å². The SMILES string of the molecule is CC(c1ccccc1)[C@H](N)C(=O)N[C@@H](Cc1ccc(OC2OC(CO)C(OC3OC(CO)C(O)C(O)C3O)C3OC(C)(C)OC23)cc1)C(=O)N[C@H](C(=O)N[C@H](C(=O)N[C@H]([C]=O)CO)C(O)C1CNC(=N)N1C1OC(CO)C(O)C2OC(C)(C)OC21)C(O)C1CNC(=N)N1. The number of aliphatic hydroxyl groups is 10. The van der Waals surface area contributed by atoms with E-state index in [1.807, 2.05) is 0 Å². The second-order valence-corrected chi connectivity index (χ2v) is 24.7. The molecule has 20 unspecified atom stereocenters. The zero-order chi connectivity index (χ0) is 67.5. The molecule has 2 aromatic rings. The molecule has 0 bridgehead atoms. The summed E-state index contributed by atoms with van der Waals surface area (Å²) in [5.41, 5.74) is 7.58. The van der Waals surface area contributed by atoms with Crippen molar-refractivity contribution in [2.75, 3.05) is 39.5 Å². The molecule has 25 atom stereocenters. The zero-order valence-corrected chi connectivity index (χ0v) is 51.3. The van der Waals surface area contributed by atoms with Gasteiger partial charge in [0.2, 0.25) is 36.2 Å². The van der Waals surface area contributed by atoms with Crippen LogP contribution in [0.4, 0.5) is 0 Å². The Morgan fingerprint density at radius 2 is 1.28 bits per heavy atom. The Hall–Kier alpha value is -6.43. The Bertz CT molecular complexity index is 2940. The summed E-state index contributed by atoms with van der Waals surface area (Å²) in [6, 6.07) is 3.06. The van der Waals surface area contributed by atoms with E-state index < -0.39 is 220 Å². The molecule has 0 spiro atoms. The molecule has 1 radical (unpaired) electrons. The van der Waals surface area contributed by atoms with Gasteiger partial charge in [0.1, 0.15) is 109 Å². The summed E-state index contributed by atoms with van der Waals surface area (Å²) in [7, 11) is 0. The number of rotatable bonds is 26. The summed E-state index contributed by atoms with van der Waals surface area (Å²) in [6.07, 6.45) is -23.8. The highest BCUT2D eigenvalue weighted by Gasteiger charge is 2.61. The molecule has 21 N–H and O–H groups in total. The molecule has 35 heteroatoms. The molecule has 0 saturated carbocycles. The molecule has 7 aliphatic rings. The standard InChI is InChI=1S/C58H84N11O24/c1-23(25-9-7-6-8-10-25)34(59)49(82)65-28(15-24-11-13-27(14-12-24)85-54-47-45(91-58(4,5)93-47)43(33(22-74)88-54)89-53-42(80)41(79)39(77)31(20-72)87-53)48(81)67-35(37(75)29-16-62-55(60)66-29)51(84)68-36(50(83)64-26(18-70)19-71)38(76)30-17-63-56(61)69(30)52-46-44(90-57(2,3)92-46)40(78)32(21-73)86-52/h6-14,23,26,28-47,52-54,70,72-80H,15-18,20-22,59H2,1-5H3,(H2,61,63)(H,64,83)(H,65,82)(H,67,81)(H,68,84)(H3,60,62,66)/t23?,26-,28-,29?,30?,31?,32?,33?,34-,35-,36-,37?,38?,39?,40?,41?,42?,43?,44?,45?,46?,47?,52?,53?,54?/m0/s1. The van der Waals surface area contributed by atoms with Crippen molar-refractivity contribution in [1.29, 1.82) is 10.8 Å². The number of carbonyl (C=O) groups is 4. The van der Waals surface area contributed by atoms with Crippen molar-refractivity contribution in [3.05, 3.63) is 65.7 Å². The zero-order valence-electron chi connectivity index (χ0n) is 51.3. The van der Waals surface area contributed by atoms with Crippen LogP contribution < -0.4 is 47.7 Å². The number of hydrogen-bond donors (Lipinski definition) is 20.